The Morgan fingerprint density at radius 3 is 2.36 bits per heavy atom. The first-order chi connectivity index (χ1) is 6.52. The van der Waals surface area contributed by atoms with Gasteiger partial charge in [-0.2, -0.15) is 0 Å². The van der Waals surface area contributed by atoms with Gasteiger partial charge >= 0.3 is 5.97 Å². The normalized spacial score (nSPS) is 14.5. The van der Waals surface area contributed by atoms with Gasteiger partial charge in [0.05, 0.1) is 6.04 Å². The second-order valence-corrected chi connectivity index (χ2v) is 3.20. The van der Waals surface area contributed by atoms with Crippen LogP contribution in [-0.2, 0) is 9.59 Å². The summed E-state index contributed by atoms with van der Waals surface area (Å²) in [5.41, 5.74) is 5.53. The number of carboxylic acid groups (broad SMARTS) is 1. The highest BCUT2D eigenvalue weighted by Crippen LogP contribution is 1.96. The van der Waals surface area contributed by atoms with Crippen LogP contribution in [0, 0.1) is 0 Å². The van der Waals surface area contributed by atoms with E-state index in [9.17, 15) is 9.59 Å². The number of aliphatic carboxylic acids is 1. The summed E-state index contributed by atoms with van der Waals surface area (Å²) in [6.07, 6.45) is 1.74. The summed E-state index contributed by atoms with van der Waals surface area (Å²) in [7, 11) is 0. The van der Waals surface area contributed by atoms with Crippen molar-refractivity contribution in [2.45, 2.75) is 45.2 Å². The number of rotatable bonds is 6. The van der Waals surface area contributed by atoms with Gasteiger partial charge in [0.25, 0.3) is 0 Å². The molecule has 0 aliphatic carbocycles. The van der Waals surface area contributed by atoms with Crippen molar-refractivity contribution in [1.29, 1.82) is 0 Å². The van der Waals surface area contributed by atoms with Crippen LogP contribution >= 0.6 is 0 Å². The summed E-state index contributed by atoms with van der Waals surface area (Å²) < 4.78 is 0. The molecule has 1 amide bonds. The van der Waals surface area contributed by atoms with Gasteiger partial charge < -0.3 is 16.2 Å². The molecule has 0 spiro atoms. The third-order valence-electron chi connectivity index (χ3n) is 1.96. The monoisotopic (exact) mass is 202 g/mol. The second-order valence-electron chi connectivity index (χ2n) is 3.20. The van der Waals surface area contributed by atoms with Crippen LogP contribution < -0.4 is 11.1 Å². The van der Waals surface area contributed by atoms with Crippen LogP contribution in [0.3, 0.4) is 0 Å². The van der Waals surface area contributed by atoms with Crippen molar-refractivity contribution in [3.63, 3.8) is 0 Å². The van der Waals surface area contributed by atoms with Crippen LogP contribution in [-0.4, -0.2) is 29.1 Å². The summed E-state index contributed by atoms with van der Waals surface area (Å²) in [5.74, 6) is -1.41. The Hall–Kier alpha value is -1.10. The predicted molar refractivity (Wildman–Crippen MR) is 52.7 cm³/mol. The van der Waals surface area contributed by atoms with E-state index in [1.165, 1.54) is 0 Å². The van der Waals surface area contributed by atoms with Crippen molar-refractivity contribution in [3.8, 4) is 0 Å². The van der Waals surface area contributed by atoms with E-state index in [2.05, 4.69) is 5.32 Å². The minimum atomic E-state index is -1.02. The number of nitrogens with two attached hydrogens (primary N) is 1. The maximum absolute atomic E-state index is 11.3. The van der Waals surface area contributed by atoms with Crippen LogP contribution in [0.5, 0.6) is 0 Å². The topological polar surface area (TPSA) is 92.4 Å². The molecule has 0 aromatic rings. The first-order valence-corrected chi connectivity index (χ1v) is 4.81. The van der Waals surface area contributed by atoms with Gasteiger partial charge in [0.2, 0.25) is 5.91 Å². The molecule has 0 radical (unpaired) electrons. The summed E-state index contributed by atoms with van der Waals surface area (Å²) in [6.45, 7) is 3.62. The molecule has 0 aromatic carbocycles. The molecular formula is C9H18N2O3. The molecule has 82 valence electrons. The molecule has 5 nitrogen and oxygen atoms in total. The molecule has 5 heteroatoms. The highest BCUT2D eigenvalue weighted by Gasteiger charge is 2.20. The molecule has 0 unspecified atom stereocenters. The van der Waals surface area contributed by atoms with Crippen LogP contribution in [0.2, 0.25) is 0 Å². The fourth-order valence-electron chi connectivity index (χ4n) is 1.06. The van der Waals surface area contributed by atoms with E-state index < -0.39 is 18.1 Å². The molecule has 0 saturated heterocycles. The molecule has 4 N–H and O–H groups in total. The minimum absolute atomic E-state index is 0.361. The van der Waals surface area contributed by atoms with E-state index in [0.29, 0.717) is 12.8 Å². The van der Waals surface area contributed by atoms with Gasteiger partial charge in [-0.3, -0.25) is 4.79 Å². The zero-order chi connectivity index (χ0) is 11.1. The molecule has 0 bridgehead atoms. The van der Waals surface area contributed by atoms with Gasteiger partial charge in [0.15, 0.2) is 0 Å². The Morgan fingerprint density at radius 2 is 2.00 bits per heavy atom. The first kappa shape index (κ1) is 12.9. The van der Waals surface area contributed by atoms with E-state index >= 15 is 0 Å². The lowest BCUT2D eigenvalue weighted by Gasteiger charge is -2.15. The SMILES string of the molecule is CCC[C@H](N)C(=O)N[C@@H](CC)C(=O)O. The molecule has 0 saturated carbocycles. The summed E-state index contributed by atoms with van der Waals surface area (Å²) >= 11 is 0. The second kappa shape index (κ2) is 6.37. The molecule has 0 aliphatic rings. The summed E-state index contributed by atoms with van der Waals surface area (Å²) in [4.78, 5) is 21.9. The van der Waals surface area contributed by atoms with Crippen LogP contribution in [0.4, 0.5) is 0 Å². The van der Waals surface area contributed by atoms with Crippen molar-refractivity contribution in [2.75, 3.05) is 0 Å². The maximum atomic E-state index is 11.3. The van der Waals surface area contributed by atoms with E-state index in [1.807, 2.05) is 6.92 Å². The Kier molecular flexibility index (Phi) is 5.87. The van der Waals surface area contributed by atoms with Gasteiger partial charge in [-0.1, -0.05) is 20.3 Å². The molecule has 0 aliphatic heterocycles. The average Bonchev–Trinajstić information content (AvgIpc) is 2.13. The van der Waals surface area contributed by atoms with E-state index in [4.69, 9.17) is 10.8 Å². The number of amides is 1. The van der Waals surface area contributed by atoms with E-state index in [1.54, 1.807) is 6.92 Å². The molecule has 14 heavy (non-hydrogen) atoms. The van der Waals surface area contributed by atoms with Gasteiger partial charge in [-0.15, -0.1) is 0 Å². The smallest absolute Gasteiger partial charge is 0.326 e. The van der Waals surface area contributed by atoms with Gasteiger partial charge in [-0.25, -0.2) is 4.79 Å². The number of carbonyl (C=O) groups excluding carboxylic acids is 1. The lowest BCUT2D eigenvalue weighted by molar-refractivity contribution is -0.142. The first-order valence-electron chi connectivity index (χ1n) is 4.81. The molecule has 0 aromatic heterocycles. The van der Waals surface area contributed by atoms with Crippen molar-refractivity contribution in [1.82, 2.24) is 5.32 Å². The lowest BCUT2D eigenvalue weighted by atomic mass is 10.1. The number of nitrogens with one attached hydrogen (secondary N) is 1. The molecule has 0 fully saturated rings. The molecule has 0 rings (SSSR count). The zero-order valence-electron chi connectivity index (χ0n) is 8.62. The fourth-order valence-corrected chi connectivity index (χ4v) is 1.06. The van der Waals surface area contributed by atoms with Crippen LogP contribution in [0.15, 0.2) is 0 Å². The maximum Gasteiger partial charge on any atom is 0.326 e. The fraction of sp³-hybridized carbons (Fsp3) is 0.778. The third kappa shape index (κ3) is 4.23. The predicted octanol–water partition coefficient (Wildman–Crippen LogP) is 0.0932. The van der Waals surface area contributed by atoms with Gasteiger partial charge in [0.1, 0.15) is 6.04 Å². The van der Waals surface area contributed by atoms with E-state index in [0.717, 1.165) is 6.42 Å². The standard InChI is InChI=1S/C9H18N2O3/c1-3-5-6(10)8(12)11-7(4-2)9(13)14/h6-7H,3-5,10H2,1-2H3,(H,11,12)(H,13,14)/t6-,7-/m0/s1. The zero-order valence-corrected chi connectivity index (χ0v) is 8.62. The number of hydrogen-bond acceptors (Lipinski definition) is 3. The number of carbonyl (C=O) groups is 2. The minimum Gasteiger partial charge on any atom is -0.480 e. The third-order valence-corrected chi connectivity index (χ3v) is 1.96. The highest BCUT2D eigenvalue weighted by molar-refractivity contribution is 5.86. The lowest BCUT2D eigenvalue weighted by Crippen LogP contribution is -2.48. The highest BCUT2D eigenvalue weighted by atomic mass is 16.4. The number of carboxylic acids is 1. The Labute approximate surface area is 83.7 Å². The summed E-state index contributed by atoms with van der Waals surface area (Å²) in [6, 6.07) is -1.43. The Morgan fingerprint density at radius 1 is 1.43 bits per heavy atom. The van der Waals surface area contributed by atoms with Crippen molar-refractivity contribution < 1.29 is 14.7 Å². The van der Waals surface area contributed by atoms with Crippen molar-refractivity contribution in [2.24, 2.45) is 5.73 Å². The molecular weight excluding hydrogens is 184 g/mol. The van der Waals surface area contributed by atoms with Gasteiger partial charge in [-0.05, 0) is 12.8 Å². The Bertz CT molecular complexity index is 206. The average molecular weight is 202 g/mol. The Balaban J connectivity index is 4.08. The van der Waals surface area contributed by atoms with Crippen LogP contribution in [0.25, 0.3) is 0 Å². The largest absolute Gasteiger partial charge is 0.480 e. The summed E-state index contributed by atoms with van der Waals surface area (Å²) in [5, 5.41) is 11.1. The van der Waals surface area contributed by atoms with E-state index in [-0.39, 0.29) is 5.91 Å². The van der Waals surface area contributed by atoms with Crippen LogP contribution in [0.1, 0.15) is 33.1 Å². The quantitative estimate of drug-likeness (QED) is 0.569. The van der Waals surface area contributed by atoms with Crippen molar-refractivity contribution >= 4 is 11.9 Å². The van der Waals surface area contributed by atoms with Crippen molar-refractivity contribution in [3.05, 3.63) is 0 Å². The number of hydrogen-bond donors (Lipinski definition) is 3. The molecule has 0 heterocycles. The van der Waals surface area contributed by atoms with Gasteiger partial charge in [0, 0.05) is 0 Å². The molecule has 2 atom stereocenters.